The van der Waals surface area contributed by atoms with Gasteiger partial charge in [-0.05, 0) is 12.1 Å². The fraction of sp³-hybridized carbons (Fsp3) is 0.286. The molecular weight excluding hydrogens is 226 g/mol. The smallest absolute Gasteiger partial charge is 0.240 e. The zero-order valence-corrected chi connectivity index (χ0v) is 10.5. The third-order valence-electron chi connectivity index (χ3n) is 2.80. The third-order valence-corrected chi connectivity index (χ3v) is 2.80. The molecule has 1 heterocycles. The molecule has 0 aliphatic rings. The summed E-state index contributed by atoms with van der Waals surface area (Å²) in [5.74, 6) is 0.915. The summed E-state index contributed by atoms with van der Waals surface area (Å²) < 4.78 is 1.97. The van der Waals surface area contributed by atoms with Crippen LogP contribution in [0.3, 0.4) is 0 Å². The van der Waals surface area contributed by atoms with Crippen molar-refractivity contribution in [2.45, 2.75) is 19.9 Å². The molecule has 1 amide bonds. The Balaban J connectivity index is 2.30. The first-order valence-electron chi connectivity index (χ1n) is 6.08. The largest absolute Gasteiger partial charge is 0.351 e. The number of hydrogen-bond donors (Lipinski definition) is 1. The fourth-order valence-corrected chi connectivity index (χ4v) is 1.96. The number of benzene rings is 1. The topological polar surface area (TPSA) is 46.9 Å². The predicted molar refractivity (Wildman–Crippen MR) is 72.3 cm³/mol. The molecule has 2 aromatic rings. The van der Waals surface area contributed by atoms with E-state index in [9.17, 15) is 4.79 Å². The SMILES string of the molecule is C=CCNC(=O)Cn1c(CC)nc2ccccc21. The standard InChI is InChI=1S/C14H17N3O/c1-3-9-15-14(18)10-17-12-8-6-5-7-11(12)16-13(17)4-2/h3,5-8H,1,4,9-10H2,2H3,(H,15,18). The van der Waals surface area contributed by atoms with Crippen molar-refractivity contribution in [2.75, 3.05) is 6.54 Å². The number of para-hydroxylation sites is 2. The van der Waals surface area contributed by atoms with Gasteiger partial charge in [-0.3, -0.25) is 4.79 Å². The van der Waals surface area contributed by atoms with Gasteiger partial charge in [0.25, 0.3) is 0 Å². The number of imidazole rings is 1. The molecule has 1 N–H and O–H groups in total. The Morgan fingerprint density at radius 3 is 3.00 bits per heavy atom. The van der Waals surface area contributed by atoms with Gasteiger partial charge in [0.05, 0.1) is 11.0 Å². The Kier molecular flexibility index (Phi) is 3.77. The number of carbonyl (C=O) groups excluding carboxylic acids is 1. The molecule has 0 radical (unpaired) electrons. The van der Waals surface area contributed by atoms with Crippen LogP contribution in [0, 0.1) is 0 Å². The van der Waals surface area contributed by atoms with Gasteiger partial charge in [0, 0.05) is 13.0 Å². The van der Waals surface area contributed by atoms with Gasteiger partial charge in [-0.1, -0.05) is 25.1 Å². The Hall–Kier alpha value is -2.10. The zero-order valence-electron chi connectivity index (χ0n) is 10.5. The molecular formula is C14H17N3O. The van der Waals surface area contributed by atoms with Gasteiger partial charge in [-0.2, -0.15) is 0 Å². The third kappa shape index (κ3) is 2.42. The molecule has 0 unspecified atom stereocenters. The molecule has 18 heavy (non-hydrogen) atoms. The van der Waals surface area contributed by atoms with Crippen molar-refractivity contribution in [3.63, 3.8) is 0 Å². The highest BCUT2D eigenvalue weighted by Crippen LogP contribution is 2.16. The number of hydrogen-bond acceptors (Lipinski definition) is 2. The highest BCUT2D eigenvalue weighted by Gasteiger charge is 2.11. The quantitative estimate of drug-likeness (QED) is 0.815. The van der Waals surface area contributed by atoms with E-state index in [0.717, 1.165) is 23.3 Å². The Morgan fingerprint density at radius 2 is 2.28 bits per heavy atom. The van der Waals surface area contributed by atoms with E-state index in [1.54, 1.807) is 6.08 Å². The van der Waals surface area contributed by atoms with E-state index < -0.39 is 0 Å². The average molecular weight is 243 g/mol. The van der Waals surface area contributed by atoms with Gasteiger partial charge in [0.1, 0.15) is 12.4 Å². The van der Waals surface area contributed by atoms with Crippen molar-refractivity contribution in [2.24, 2.45) is 0 Å². The second-order valence-electron chi connectivity index (χ2n) is 4.05. The van der Waals surface area contributed by atoms with E-state index in [1.165, 1.54) is 0 Å². The molecule has 94 valence electrons. The molecule has 1 aromatic carbocycles. The molecule has 4 nitrogen and oxygen atoms in total. The van der Waals surface area contributed by atoms with Crippen LogP contribution in [0.1, 0.15) is 12.7 Å². The summed E-state index contributed by atoms with van der Waals surface area (Å²) in [6.45, 7) is 6.42. The van der Waals surface area contributed by atoms with Gasteiger partial charge in [0.2, 0.25) is 5.91 Å². The van der Waals surface area contributed by atoms with Gasteiger partial charge < -0.3 is 9.88 Å². The minimum atomic E-state index is -0.0206. The molecule has 0 saturated heterocycles. The van der Waals surface area contributed by atoms with Crippen molar-refractivity contribution in [1.29, 1.82) is 0 Å². The Labute approximate surface area is 106 Å². The summed E-state index contributed by atoms with van der Waals surface area (Å²) in [6.07, 6.45) is 2.48. The zero-order chi connectivity index (χ0) is 13.0. The van der Waals surface area contributed by atoms with Crippen LogP contribution in [0.5, 0.6) is 0 Å². The van der Waals surface area contributed by atoms with Crippen molar-refractivity contribution < 1.29 is 4.79 Å². The van der Waals surface area contributed by atoms with Gasteiger partial charge in [0.15, 0.2) is 0 Å². The number of aryl methyl sites for hydroxylation is 1. The molecule has 0 saturated carbocycles. The maximum absolute atomic E-state index is 11.8. The van der Waals surface area contributed by atoms with E-state index >= 15 is 0 Å². The van der Waals surface area contributed by atoms with E-state index in [-0.39, 0.29) is 5.91 Å². The van der Waals surface area contributed by atoms with Crippen LogP contribution in [-0.4, -0.2) is 22.0 Å². The van der Waals surface area contributed by atoms with Crippen LogP contribution in [0.15, 0.2) is 36.9 Å². The molecule has 0 aliphatic heterocycles. The monoisotopic (exact) mass is 243 g/mol. The van der Waals surface area contributed by atoms with Gasteiger partial charge >= 0.3 is 0 Å². The normalized spacial score (nSPS) is 10.5. The van der Waals surface area contributed by atoms with Crippen LogP contribution in [-0.2, 0) is 17.8 Å². The molecule has 0 atom stereocenters. The summed E-state index contributed by atoms with van der Waals surface area (Å²) in [7, 11) is 0. The van der Waals surface area contributed by atoms with E-state index in [1.807, 2.05) is 35.8 Å². The molecule has 1 aromatic heterocycles. The van der Waals surface area contributed by atoms with Crippen LogP contribution >= 0.6 is 0 Å². The maximum Gasteiger partial charge on any atom is 0.240 e. The number of amides is 1. The number of carbonyl (C=O) groups is 1. The summed E-state index contributed by atoms with van der Waals surface area (Å²) in [6, 6.07) is 7.87. The summed E-state index contributed by atoms with van der Waals surface area (Å²) in [4.78, 5) is 16.3. The van der Waals surface area contributed by atoms with E-state index in [2.05, 4.69) is 16.9 Å². The predicted octanol–water partition coefficient (Wildman–Crippen LogP) is 1.90. The van der Waals surface area contributed by atoms with Crippen molar-refractivity contribution in [1.82, 2.24) is 14.9 Å². The highest BCUT2D eigenvalue weighted by atomic mass is 16.1. The first kappa shape index (κ1) is 12.4. The van der Waals surface area contributed by atoms with Crippen LogP contribution in [0.2, 0.25) is 0 Å². The lowest BCUT2D eigenvalue weighted by Gasteiger charge is -2.07. The average Bonchev–Trinajstić information content (AvgIpc) is 2.75. The lowest BCUT2D eigenvalue weighted by molar-refractivity contribution is -0.121. The molecule has 0 bridgehead atoms. The maximum atomic E-state index is 11.8. The summed E-state index contributed by atoms with van der Waals surface area (Å²) in [5.41, 5.74) is 1.94. The Bertz CT molecular complexity index is 571. The van der Waals surface area contributed by atoms with Gasteiger partial charge in [-0.15, -0.1) is 6.58 Å². The van der Waals surface area contributed by atoms with Crippen molar-refractivity contribution >= 4 is 16.9 Å². The molecule has 0 aliphatic carbocycles. The second-order valence-corrected chi connectivity index (χ2v) is 4.05. The number of nitrogens with one attached hydrogen (secondary N) is 1. The van der Waals surface area contributed by atoms with E-state index in [4.69, 9.17) is 0 Å². The number of aromatic nitrogens is 2. The summed E-state index contributed by atoms with van der Waals surface area (Å²) >= 11 is 0. The highest BCUT2D eigenvalue weighted by molar-refractivity contribution is 5.81. The molecule has 0 fully saturated rings. The van der Waals surface area contributed by atoms with E-state index in [0.29, 0.717) is 13.1 Å². The lowest BCUT2D eigenvalue weighted by Crippen LogP contribution is -2.28. The fourth-order valence-electron chi connectivity index (χ4n) is 1.96. The first-order chi connectivity index (χ1) is 8.76. The Morgan fingerprint density at radius 1 is 1.50 bits per heavy atom. The van der Waals surface area contributed by atoms with Crippen LogP contribution in [0.4, 0.5) is 0 Å². The first-order valence-corrected chi connectivity index (χ1v) is 6.08. The van der Waals surface area contributed by atoms with Crippen LogP contribution in [0.25, 0.3) is 11.0 Å². The molecule has 4 heteroatoms. The van der Waals surface area contributed by atoms with Crippen molar-refractivity contribution in [3.05, 3.63) is 42.7 Å². The van der Waals surface area contributed by atoms with Crippen molar-refractivity contribution in [3.8, 4) is 0 Å². The molecule has 0 spiro atoms. The minimum Gasteiger partial charge on any atom is -0.351 e. The second kappa shape index (κ2) is 5.49. The number of rotatable bonds is 5. The summed E-state index contributed by atoms with van der Waals surface area (Å²) in [5, 5.41) is 2.78. The van der Waals surface area contributed by atoms with Gasteiger partial charge in [-0.25, -0.2) is 4.98 Å². The lowest BCUT2D eigenvalue weighted by atomic mass is 10.3. The number of fused-ring (bicyclic) bond motifs is 1. The van der Waals surface area contributed by atoms with Crippen LogP contribution < -0.4 is 5.32 Å². The number of nitrogens with zero attached hydrogens (tertiary/aromatic N) is 2. The molecule has 2 rings (SSSR count). The minimum absolute atomic E-state index is 0.0206.